The Kier molecular flexibility index (Phi) is 2.85. The number of carbonyl (C=O) groups excluding carboxylic acids is 1. The molecule has 0 fully saturated rings. The first-order chi connectivity index (χ1) is 6.04. The highest BCUT2D eigenvalue weighted by molar-refractivity contribution is 6.31. The Morgan fingerprint density at radius 2 is 2.15 bits per heavy atom. The first kappa shape index (κ1) is 9.95. The molecule has 0 spiro atoms. The number of benzene rings is 1. The maximum atomic E-state index is 13.1. The summed E-state index contributed by atoms with van der Waals surface area (Å²) in [6.07, 6.45) is 0. The molecule has 0 aliphatic heterocycles. The second-order valence-electron chi connectivity index (χ2n) is 2.52. The summed E-state index contributed by atoms with van der Waals surface area (Å²) in [7, 11) is 0. The third kappa shape index (κ3) is 1.96. The zero-order valence-corrected chi connectivity index (χ0v) is 7.38. The quantitative estimate of drug-likeness (QED) is 0.750. The summed E-state index contributed by atoms with van der Waals surface area (Å²) in [4.78, 5) is 10.7. The van der Waals surface area contributed by atoms with E-state index < -0.39 is 17.8 Å². The molecule has 70 valence electrons. The molecule has 13 heavy (non-hydrogen) atoms. The van der Waals surface area contributed by atoms with E-state index in [0.717, 1.165) is 0 Å². The fourth-order valence-corrected chi connectivity index (χ4v) is 1.23. The number of amides is 1. The second-order valence-corrected chi connectivity index (χ2v) is 2.92. The van der Waals surface area contributed by atoms with E-state index >= 15 is 0 Å². The van der Waals surface area contributed by atoms with Crippen LogP contribution in [0.1, 0.15) is 11.6 Å². The summed E-state index contributed by atoms with van der Waals surface area (Å²) >= 11 is 5.64. The lowest BCUT2D eigenvalue weighted by atomic mass is 10.1. The molecule has 3 nitrogen and oxygen atoms in total. The molecule has 0 heterocycles. The van der Waals surface area contributed by atoms with Crippen molar-refractivity contribution in [1.82, 2.24) is 0 Å². The molecule has 0 aliphatic carbocycles. The normalized spacial score (nSPS) is 12.5. The minimum atomic E-state index is -1.20. The maximum absolute atomic E-state index is 13.1. The van der Waals surface area contributed by atoms with Gasteiger partial charge in [-0.05, 0) is 12.1 Å². The molecule has 5 heteroatoms. The lowest BCUT2D eigenvalue weighted by molar-refractivity contribution is -0.119. The van der Waals surface area contributed by atoms with Gasteiger partial charge in [-0.3, -0.25) is 4.79 Å². The van der Waals surface area contributed by atoms with Crippen LogP contribution in [0.3, 0.4) is 0 Å². The largest absolute Gasteiger partial charge is 0.368 e. The maximum Gasteiger partial charge on any atom is 0.239 e. The van der Waals surface area contributed by atoms with Gasteiger partial charge in [0.15, 0.2) is 0 Å². The predicted octanol–water partition coefficient (Wildman–Crippen LogP) is 0.964. The molecule has 1 rings (SSSR count). The van der Waals surface area contributed by atoms with Gasteiger partial charge < -0.3 is 11.5 Å². The van der Waals surface area contributed by atoms with Crippen LogP contribution in [0.5, 0.6) is 0 Å². The average Bonchev–Trinajstić information content (AvgIpc) is 2.03. The van der Waals surface area contributed by atoms with Crippen LogP contribution in [0.25, 0.3) is 0 Å². The number of rotatable bonds is 2. The molecule has 4 N–H and O–H groups in total. The Balaban J connectivity index is 3.20. The summed E-state index contributed by atoms with van der Waals surface area (Å²) in [6, 6.07) is 2.84. The smallest absolute Gasteiger partial charge is 0.239 e. The minimum Gasteiger partial charge on any atom is -0.368 e. The van der Waals surface area contributed by atoms with Gasteiger partial charge >= 0.3 is 0 Å². The Bertz CT molecular complexity index is 323. The number of primary amides is 1. The Hall–Kier alpha value is -1.13. The van der Waals surface area contributed by atoms with Crippen LogP contribution in [0.4, 0.5) is 4.39 Å². The molecule has 1 atom stereocenters. The third-order valence-corrected chi connectivity index (χ3v) is 1.95. The molecular formula is C8H8ClFN2O. The van der Waals surface area contributed by atoms with Crippen LogP contribution in [0.2, 0.25) is 5.02 Å². The van der Waals surface area contributed by atoms with Crippen molar-refractivity contribution < 1.29 is 9.18 Å². The van der Waals surface area contributed by atoms with Crippen molar-refractivity contribution in [2.24, 2.45) is 11.5 Å². The van der Waals surface area contributed by atoms with Crippen molar-refractivity contribution >= 4 is 17.5 Å². The molecule has 0 bridgehead atoms. The highest BCUT2D eigenvalue weighted by Gasteiger charge is 2.19. The number of halogens is 2. The van der Waals surface area contributed by atoms with Gasteiger partial charge in [0.2, 0.25) is 5.91 Å². The molecule has 0 radical (unpaired) electrons. The Labute approximate surface area is 79.5 Å². The fourth-order valence-electron chi connectivity index (χ4n) is 0.950. The lowest BCUT2D eigenvalue weighted by Gasteiger charge is -2.10. The van der Waals surface area contributed by atoms with Crippen molar-refractivity contribution in [1.29, 1.82) is 0 Å². The number of nitrogens with two attached hydrogens (primary N) is 2. The highest BCUT2D eigenvalue weighted by atomic mass is 35.5. The minimum absolute atomic E-state index is 0.0586. The molecule has 0 saturated carbocycles. The van der Waals surface area contributed by atoms with Crippen LogP contribution in [0, 0.1) is 5.82 Å². The highest BCUT2D eigenvalue weighted by Crippen LogP contribution is 2.23. The van der Waals surface area contributed by atoms with Gasteiger partial charge in [-0.25, -0.2) is 4.39 Å². The van der Waals surface area contributed by atoms with Crippen molar-refractivity contribution in [2.75, 3.05) is 0 Å². The average molecular weight is 203 g/mol. The first-order valence-corrected chi connectivity index (χ1v) is 3.90. The summed E-state index contributed by atoms with van der Waals surface area (Å²) in [5.74, 6) is -1.44. The zero-order chi connectivity index (χ0) is 10.0. The zero-order valence-electron chi connectivity index (χ0n) is 6.63. The van der Waals surface area contributed by atoms with Gasteiger partial charge in [-0.1, -0.05) is 17.7 Å². The van der Waals surface area contributed by atoms with Crippen molar-refractivity contribution in [3.8, 4) is 0 Å². The van der Waals surface area contributed by atoms with Crippen molar-refractivity contribution in [3.05, 3.63) is 34.6 Å². The Morgan fingerprint density at radius 1 is 1.54 bits per heavy atom. The van der Waals surface area contributed by atoms with Crippen LogP contribution < -0.4 is 11.5 Å². The Morgan fingerprint density at radius 3 is 2.62 bits per heavy atom. The van der Waals surface area contributed by atoms with Gasteiger partial charge in [0.1, 0.15) is 11.9 Å². The van der Waals surface area contributed by atoms with E-state index in [9.17, 15) is 9.18 Å². The van der Waals surface area contributed by atoms with Gasteiger partial charge in [0.05, 0.1) is 0 Å². The van der Waals surface area contributed by atoms with E-state index in [1.165, 1.54) is 18.2 Å². The molecule has 1 amide bonds. The van der Waals surface area contributed by atoms with Crippen molar-refractivity contribution in [2.45, 2.75) is 6.04 Å². The van der Waals surface area contributed by atoms with Crippen LogP contribution in [-0.2, 0) is 4.79 Å². The van der Waals surface area contributed by atoms with Crippen LogP contribution in [-0.4, -0.2) is 5.91 Å². The molecule has 0 aromatic heterocycles. The third-order valence-electron chi connectivity index (χ3n) is 1.62. The molecular weight excluding hydrogens is 195 g/mol. The monoisotopic (exact) mass is 202 g/mol. The SMILES string of the molecule is NC(=O)[C@@H](N)c1c(F)cccc1Cl. The van der Waals surface area contributed by atoms with E-state index in [1.54, 1.807) is 0 Å². The van der Waals surface area contributed by atoms with Crippen LogP contribution in [0.15, 0.2) is 18.2 Å². The molecule has 1 aromatic rings. The van der Waals surface area contributed by atoms with Gasteiger partial charge in [0.25, 0.3) is 0 Å². The molecule has 0 unspecified atom stereocenters. The number of hydrogen-bond donors (Lipinski definition) is 2. The number of carbonyl (C=O) groups is 1. The van der Waals surface area contributed by atoms with Gasteiger partial charge in [-0.2, -0.15) is 0 Å². The summed E-state index contributed by atoms with van der Waals surface area (Å²) in [5, 5.41) is 0.103. The van der Waals surface area contributed by atoms with E-state index in [2.05, 4.69) is 0 Å². The molecule has 0 saturated heterocycles. The summed E-state index contributed by atoms with van der Waals surface area (Å²) < 4.78 is 13.1. The van der Waals surface area contributed by atoms with E-state index in [-0.39, 0.29) is 10.6 Å². The fraction of sp³-hybridized carbons (Fsp3) is 0.125. The second kappa shape index (κ2) is 3.72. The summed E-state index contributed by atoms with van der Waals surface area (Å²) in [5.41, 5.74) is 10.2. The molecule has 0 aliphatic rings. The van der Waals surface area contributed by atoms with E-state index in [4.69, 9.17) is 23.1 Å². The van der Waals surface area contributed by atoms with E-state index in [0.29, 0.717) is 0 Å². The summed E-state index contributed by atoms with van der Waals surface area (Å²) in [6.45, 7) is 0. The number of hydrogen-bond acceptors (Lipinski definition) is 2. The lowest BCUT2D eigenvalue weighted by Crippen LogP contribution is -2.29. The van der Waals surface area contributed by atoms with E-state index in [1.807, 2.05) is 0 Å². The first-order valence-electron chi connectivity index (χ1n) is 3.53. The topological polar surface area (TPSA) is 69.1 Å². The van der Waals surface area contributed by atoms with Crippen LogP contribution >= 0.6 is 11.6 Å². The van der Waals surface area contributed by atoms with Gasteiger partial charge in [-0.15, -0.1) is 0 Å². The predicted molar refractivity (Wildman–Crippen MR) is 47.5 cm³/mol. The standard InChI is InChI=1S/C8H8ClFN2O/c9-4-2-1-3-5(10)6(4)7(11)8(12)13/h1-3,7H,11H2,(H2,12,13)/t7-/m0/s1. The molecule has 1 aromatic carbocycles. The van der Waals surface area contributed by atoms with Gasteiger partial charge in [0, 0.05) is 10.6 Å². The van der Waals surface area contributed by atoms with Crippen molar-refractivity contribution in [3.63, 3.8) is 0 Å².